The van der Waals surface area contributed by atoms with Crippen molar-refractivity contribution < 1.29 is 22.2 Å². The van der Waals surface area contributed by atoms with Crippen molar-refractivity contribution in [1.82, 2.24) is 0 Å². The van der Waals surface area contributed by atoms with E-state index in [0.717, 1.165) is 10.8 Å². The lowest BCUT2D eigenvalue weighted by Gasteiger charge is -2.14. The third kappa shape index (κ3) is 2.66. The highest BCUT2D eigenvalue weighted by atomic mass is 32.2. The maximum atomic E-state index is 11.8. The van der Waals surface area contributed by atoms with Gasteiger partial charge in [-0.2, -0.15) is 8.42 Å². The molecule has 0 aliphatic heterocycles. The summed E-state index contributed by atoms with van der Waals surface area (Å²) in [6.45, 7) is 3.41. The number of hydrogen-bond donors (Lipinski definition) is 0. The molecule has 0 saturated carbocycles. The van der Waals surface area contributed by atoms with Crippen LogP contribution in [0.2, 0.25) is 0 Å². The van der Waals surface area contributed by atoms with Gasteiger partial charge in [-0.1, -0.05) is 6.92 Å². The van der Waals surface area contributed by atoms with E-state index in [2.05, 4.69) is 0 Å². The predicted octanol–water partition coefficient (Wildman–Crippen LogP) is 1.63. The lowest BCUT2D eigenvalue weighted by atomic mass is 10.0. The molecule has 0 bridgehead atoms. The average molecular weight is 296 g/mol. The zero-order chi connectivity index (χ0) is 14.9. The van der Waals surface area contributed by atoms with Crippen molar-refractivity contribution >= 4 is 21.7 Å². The number of aryl methyl sites for hydroxylation is 1. The van der Waals surface area contributed by atoms with E-state index in [1.54, 1.807) is 19.1 Å². The summed E-state index contributed by atoms with van der Waals surface area (Å²) in [6, 6.07) is 3.34. The monoisotopic (exact) mass is 296 g/mol. The third-order valence-electron chi connectivity index (χ3n) is 3.24. The molecule has 0 aromatic heterocycles. The summed E-state index contributed by atoms with van der Waals surface area (Å²) in [6.07, 6.45) is 0.586. The van der Waals surface area contributed by atoms with Gasteiger partial charge in [0.2, 0.25) is 5.78 Å². The zero-order valence-corrected chi connectivity index (χ0v) is 12.2. The van der Waals surface area contributed by atoms with Gasteiger partial charge in [0.1, 0.15) is 4.90 Å². The van der Waals surface area contributed by atoms with E-state index in [1.165, 1.54) is 0 Å². The first-order valence-corrected chi connectivity index (χ1v) is 7.88. The van der Waals surface area contributed by atoms with Crippen LogP contribution in [0.1, 0.15) is 31.7 Å². The molecule has 0 aromatic carbocycles. The number of ketones is 2. The van der Waals surface area contributed by atoms with E-state index < -0.39 is 21.7 Å². The first kappa shape index (κ1) is 14.9. The van der Waals surface area contributed by atoms with Crippen molar-refractivity contribution in [2.45, 2.75) is 38.0 Å². The average Bonchev–Trinajstić information content (AvgIpc) is 2.35. The van der Waals surface area contributed by atoms with Crippen molar-refractivity contribution in [2.75, 3.05) is 6.61 Å². The van der Waals surface area contributed by atoms with Crippen LogP contribution in [-0.4, -0.2) is 26.6 Å². The van der Waals surface area contributed by atoms with E-state index in [9.17, 15) is 18.0 Å². The van der Waals surface area contributed by atoms with Crippen LogP contribution >= 0.6 is 0 Å². The second-order valence-corrected chi connectivity index (χ2v) is 6.37. The molecule has 0 spiro atoms. The molecule has 108 valence electrons. The van der Waals surface area contributed by atoms with Crippen molar-refractivity contribution in [2.24, 2.45) is 0 Å². The Hall–Kier alpha value is -1.53. The third-order valence-corrected chi connectivity index (χ3v) is 4.60. The molecule has 0 unspecified atom stereocenters. The fourth-order valence-electron chi connectivity index (χ4n) is 2.05. The summed E-state index contributed by atoms with van der Waals surface area (Å²) in [5.41, 5.74) is 1.05. The van der Waals surface area contributed by atoms with Gasteiger partial charge >= 0.3 is 0 Å². The second kappa shape index (κ2) is 5.46. The van der Waals surface area contributed by atoms with Crippen LogP contribution < -0.4 is 0 Å². The van der Waals surface area contributed by atoms with Gasteiger partial charge in [0.05, 0.1) is 6.61 Å². The molecule has 20 heavy (non-hydrogen) atoms. The summed E-state index contributed by atoms with van der Waals surface area (Å²) >= 11 is 0. The van der Waals surface area contributed by atoms with Crippen LogP contribution in [0, 0.1) is 17.4 Å². The molecule has 2 rings (SSSR count). The first-order valence-electron chi connectivity index (χ1n) is 6.47. The first-order chi connectivity index (χ1) is 9.36. The standard InChI is InChI=1S/C14H16O5S/c1-3-4-12(15)13(16)5-6-19-20(17,18)14-8-10-9(2)7-11(10)14/h7-8H,3-6H2,1-2H3. The molecule has 2 aliphatic rings. The minimum Gasteiger partial charge on any atom is -0.291 e. The Morgan fingerprint density at radius 2 is 1.75 bits per heavy atom. The van der Waals surface area contributed by atoms with Gasteiger partial charge in [-0.25, -0.2) is 0 Å². The molecule has 2 aliphatic carbocycles. The van der Waals surface area contributed by atoms with Crippen molar-refractivity contribution in [3.63, 3.8) is 0 Å². The molecule has 0 saturated heterocycles. The van der Waals surface area contributed by atoms with Gasteiger partial charge in [-0.05, 0) is 36.3 Å². The fourth-order valence-corrected chi connectivity index (χ4v) is 3.18. The molecule has 0 atom stereocenters. The molecule has 0 N–H and O–H groups in total. The number of carbonyl (C=O) groups excluding carboxylic acids is 2. The molecule has 0 heterocycles. The second-order valence-electron chi connectivity index (χ2n) is 4.79. The normalized spacial score (nSPS) is 12.3. The summed E-state index contributed by atoms with van der Waals surface area (Å²) in [4.78, 5) is 22.8. The Kier molecular flexibility index (Phi) is 4.06. The van der Waals surface area contributed by atoms with Crippen LogP contribution in [0.3, 0.4) is 0 Å². The largest absolute Gasteiger partial charge is 0.297 e. The number of rotatable bonds is 8. The lowest BCUT2D eigenvalue weighted by Crippen LogP contribution is -2.18. The van der Waals surface area contributed by atoms with Crippen LogP contribution in [0.5, 0.6) is 0 Å². The molecule has 0 amide bonds. The van der Waals surface area contributed by atoms with E-state index in [-0.39, 0.29) is 24.3 Å². The maximum Gasteiger partial charge on any atom is 0.297 e. The van der Waals surface area contributed by atoms with Gasteiger partial charge in [0.15, 0.2) is 5.78 Å². The van der Waals surface area contributed by atoms with Crippen molar-refractivity contribution in [3.05, 3.63) is 28.1 Å². The van der Waals surface area contributed by atoms with Gasteiger partial charge in [-0.3, -0.25) is 13.8 Å². The van der Waals surface area contributed by atoms with Crippen LogP contribution in [0.4, 0.5) is 0 Å². The lowest BCUT2D eigenvalue weighted by molar-refractivity contribution is -0.136. The molecule has 5 nitrogen and oxygen atoms in total. The number of carbonyl (C=O) groups is 2. The topological polar surface area (TPSA) is 77.5 Å². The molecular formula is C14H16O5S. The minimum atomic E-state index is -3.82. The Morgan fingerprint density at radius 1 is 1.10 bits per heavy atom. The molecule has 6 heteroatoms. The summed E-state index contributed by atoms with van der Waals surface area (Å²) in [5, 5.41) is 1.64. The molecule has 0 fully saturated rings. The van der Waals surface area contributed by atoms with Gasteiger partial charge in [0, 0.05) is 18.1 Å². The predicted molar refractivity (Wildman–Crippen MR) is 71.5 cm³/mol. The fraction of sp³-hybridized carbons (Fsp3) is 0.429. The minimum absolute atomic E-state index is 0.158. The van der Waals surface area contributed by atoms with E-state index >= 15 is 0 Å². The molecule has 0 radical (unpaired) electrons. The Balaban J connectivity index is 1.89. The van der Waals surface area contributed by atoms with Crippen molar-refractivity contribution in [3.8, 4) is 0 Å². The summed E-state index contributed by atoms with van der Waals surface area (Å²) in [5.74, 6) is -1.05. The Bertz CT molecular complexity index is 761. The van der Waals surface area contributed by atoms with Crippen LogP contribution in [0.15, 0.2) is 17.0 Å². The molecular weight excluding hydrogens is 280 g/mol. The summed E-state index contributed by atoms with van der Waals surface area (Å²) < 4.78 is 28.5. The van der Waals surface area contributed by atoms with E-state index in [0.29, 0.717) is 11.6 Å². The van der Waals surface area contributed by atoms with E-state index in [4.69, 9.17) is 4.18 Å². The zero-order valence-electron chi connectivity index (χ0n) is 11.4. The van der Waals surface area contributed by atoms with Crippen molar-refractivity contribution in [1.29, 1.82) is 0 Å². The quantitative estimate of drug-likeness (QED) is 0.546. The van der Waals surface area contributed by atoms with Gasteiger partial charge in [-0.15, -0.1) is 0 Å². The Morgan fingerprint density at radius 3 is 2.25 bits per heavy atom. The molecule has 0 aromatic rings. The van der Waals surface area contributed by atoms with Gasteiger partial charge < -0.3 is 0 Å². The smallest absolute Gasteiger partial charge is 0.291 e. The highest BCUT2D eigenvalue weighted by Gasteiger charge is 2.24. The number of Topliss-reactive ketones (excluding diaryl/α,β-unsaturated/α-hetero) is 2. The van der Waals surface area contributed by atoms with Gasteiger partial charge in [0.25, 0.3) is 10.1 Å². The SMILES string of the molecule is CCCC(=O)C(=O)CCOS(=O)(=O)c1cc2c(C)cc1=2. The maximum absolute atomic E-state index is 11.8. The van der Waals surface area contributed by atoms with Crippen LogP contribution in [0.25, 0.3) is 0 Å². The highest BCUT2D eigenvalue weighted by molar-refractivity contribution is 7.86. The van der Waals surface area contributed by atoms with Crippen LogP contribution in [-0.2, 0) is 23.9 Å². The highest BCUT2D eigenvalue weighted by Crippen LogP contribution is 2.26. The number of benzene rings is 1. The summed E-state index contributed by atoms with van der Waals surface area (Å²) in [7, 11) is -3.82. The Labute approximate surface area is 117 Å². The van der Waals surface area contributed by atoms with E-state index in [1.807, 2.05) is 6.92 Å². The number of hydrogen-bond acceptors (Lipinski definition) is 5.